The highest BCUT2D eigenvalue weighted by Crippen LogP contribution is 2.70. The van der Waals surface area contributed by atoms with Gasteiger partial charge in [-0.1, -0.05) is 27.7 Å². The molecule has 0 aromatic carbocycles. The van der Waals surface area contributed by atoms with Crippen LogP contribution in [0.1, 0.15) is 85.5 Å². The van der Waals surface area contributed by atoms with Gasteiger partial charge in [0.2, 0.25) is 5.91 Å². The van der Waals surface area contributed by atoms with Gasteiger partial charge in [0.05, 0.1) is 11.6 Å². The van der Waals surface area contributed by atoms with E-state index < -0.39 is 11.6 Å². The van der Waals surface area contributed by atoms with Gasteiger partial charge in [-0.25, -0.2) is 4.79 Å². The number of carbonyl (C=O) groups is 2. The molecule has 0 saturated heterocycles. The first kappa shape index (κ1) is 25.3. The van der Waals surface area contributed by atoms with Crippen LogP contribution in [-0.2, 0) is 14.3 Å². The number of fused-ring (bicyclic) bond motifs is 5. The topological polar surface area (TPSA) is 92.9 Å². The van der Waals surface area contributed by atoms with Gasteiger partial charge in [0.1, 0.15) is 6.61 Å². The fourth-order valence-corrected chi connectivity index (χ4v) is 9.44. The summed E-state index contributed by atoms with van der Waals surface area (Å²) in [6.07, 6.45) is 11.0. The van der Waals surface area contributed by atoms with Crippen molar-refractivity contribution in [3.8, 4) is 0 Å². The molecule has 35 heavy (non-hydrogen) atoms. The summed E-state index contributed by atoms with van der Waals surface area (Å²) in [6, 6.07) is -0.165. The Bertz CT molecular complexity index is 916. The zero-order valence-corrected chi connectivity index (χ0v) is 22.4. The number of ether oxygens (including phenoxy) is 1. The summed E-state index contributed by atoms with van der Waals surface area (Å²) in [7, 11) is 1.95. The number of carbonyl (C=O) groups excluding carboxylic acids is 2. The molecule has 0 spiro atoms. The number of likely N-dealkylation sites (N-methyl/N-ethyl adjacent to an activating group) is 1. The summed E-state index contributed by atoms with van der Waals surface area (Å²) in [5.74, 6) is 1.66. The maximum Gasteiger partial charge on any atom is 0.331 e. The molecule has 4 aliphatic carbocycles. The Kier molecular flexibility index (Phi) is 6.19. The smallest absolute Gasteiger partial charge is 0.331 e. The van der Waals surface area contributed by atoms with E-state index in [0.717, 1.165) is 63.4 Å². The van der Waals surface area contributed by atoms with Gasteiger partial charge in [0, 0.05) is 24.6 Å². The lowest BCUT2D eigenvalue weighted by molar-refractivity contribution is -0.206. The highest BCUT2D eigenvalue weighted by atomic mass is 16.5. The van der Waals surface area contributed by atoms with Crippen molar-refractivity contribution in [2.24, 2.45) is 46.2 Å². The molecule has 0 unspecified atom stereocenters. The average Bonchev–Trinajstić information content (AvgIpc) is 3.36. The van der Waals surface area contributed by atoms with E-state index in [2.05, 4.69) is 13.8 Å². The number of esters is 1. The average molecular weight is 487 g/mol. The van der Waals surface area contributed by atoms with Crippen molar-refractivity contribution in [1.82, 2.24) is 4.90 Å². The van der Waals surface area contributed by atoms with E-state index in [-0.39, 0.29) is 40.6 Å². The minimum absolute atomic E-state index is 0.0747. The van der Waals surface area contributed by atoms with Gasteiger partial charge in [0.25, 0.3) is 0 Å². The Morgan fingerprint density at radius 3 is 2.51 bits per heavy atom. The number of cyclic esters (lactones) is 1. The van der Waals surface area contributed by atoms with Crippen LogP contribution in [0.2, 0.25) is 0 Å². The molecule has 1 heterocycles. The second-order valence-corrected chi connectivity index (χ2v) is 13.4. The predicted octanol–water partition coefficient (Wildman–Crippen LogP) is 4.05. The van der Waals surface area contributed by atoms with E-state index in [0.29, 0.717) is 24.4 Å². The molecule has 4 saturated carbocycles. The van der Waals surface area contributed by atoms with Crippen molar-refractivity contribution in [3.63, 3.8) is 0 Å². The van der Waals surface area contributed by atoms with Crippen LogP contribution in [0, 0.1) is 40.4 Å². The number of nitrogens with two attached hydrogens (primary N) is 1. The van der Waals surface area contributed by atoms with Gasteiger partial charge in [-0.15, -0.1) is 0 Å². The van der Waals surface area contributed by atoms with E-state index in [1.54, 1.807) is 6.08 Å². The largest absolute Gasteiger partial charge is 0.458 e. The summed E-state index contributed by atoms with van der Waals surface area (Å²) in [5.41, 5.74) is 6.65. The Labute approximate surface area is 211 Å². The number of amides is 1. The van der Waals surface area contributed by atoms with E-state index in [9.17, 15) is 14.7 Å². The van der Waals surface area contributed by atoms with Crippen molar-refractivity contribution in [2.75, 3.05) is 13.7 Å². The first-order chi connectivity index (χ1) is 16.4. The SMILES string of the molecule is CC(C)[C@@H](N)C(=O)N(C)[C@@H]1CC[C@]2(C)[C@H](CC[C@@H]3[C@H]2CC[C@]2(C)[C@@H](C4=CC(=O)OC4)CC[C@@]32O)C1. The number of aliphatic hydroxyl groups is 1. The fraction of sp³-hybridized carbons (Fsp3) is 0.862. The van der Waals surface area contributed by atoms with Gasteiger partial charge in [0.15, 0.2) is 0 Å². The first-order valence-corrected chi connectivity index (χ1v) is 14.0. The lowest BCUT2D eigenvalue weighted by Crippen LogP contribution is -2.63. The standard InChI is InChI=1S/C29H46N2O4/c1-17(2)25(30)26(33)31(5)20-8-11-27(3)19(15-20)6-7-23-22(27)9-12-28(4)21(10-13-29(23,28)34)18-14-24(32)35-16-18/h14,17,19-23,25,34H,6-13,15-16,30H2,1-5H3/t19-,20-,21-,22-,23-,25-,27-,28-,29-/m1/s1. The van der Waals surface area contributed by atoms with Crippen LogP contribution >= 0.6 is 0 Å². The van der Waals surface area contributed by atoms with Crippen molar-refractivity contribution in [2.45, 2.75) is 103 Å². The normalized spacial score (nSPS) is 45.8. The third kappa shape index (κ3) is 3.64. The molecule has 1 aliphatic heterocycles. The van der Waals surface area contributed by atoms with Gasteiger partial charge < -0.3 is 20.5 Å². The molecular formula is C29H46N2O4. The maximum atomic E-state index is 12.9. The molecule has 5 aliphatic rings. The Hall–Kier alpha value is -1.40. The Morgan fingerprint density at radius 1 is 1.11 bits per heavy atom. The van der Waals surface area contributed by atoms with Crippen molar-refractivity contribution in [1.29, 1.82) is 0 Å². The van der Waals surface area contributed by atoms with Crippen LogP contribution in [0.4, 0.5) is 0 Å². The van der Waals surface area contributed by atoms with Gasteiger partial charge in [-0.2, -0.15) is 0 Å². The molecule has 196 valence electrons. The molecule has 3 N–H and O–H groups in total. The highest BCUT2D eigenvalue weighted by molar-refractivity contribution is 5.85. The summed E-state index contributed by atoms with van der Waals surface area (Å²) < 4.78 is 5.25. The predicted molar refractivity (Wildman–Crippen MR) is 135 cm³/mol. The van der Waals surface area contributed by atoms with Gasteiger partial charge in [-0.05, 0) is 98.4 Å². The van der Waals surface area contributed by atoms with Crippen molar-refractivity contribution < 1.29 is 19.4 Å². The zero-order valence-electron chi connectivity index (χ0n) is 22.4. The molecule has 6 heteroatoms. The van der Waals surface area contributed by atoms with Gasteiger partial charge >= 0.3 is 5.97 Å². The maximum absolute atomic E-state index is 12.9. The number of hydrogen-bond donors (Lipinski definition) is 2. The number of nitrogens with zero attached hydrogens (tertiary/aromatic N) is 1. The van der Waals surface area contributed by atoms with E-state index >= 15 is 0 Å². The summed E-state index contributed by atoms with van der Waals surface area (Å²) in [5, 5.41) is 12.4. The second-order valence-electron chi connectivity index (χ2n) is 13.4. The summed E-state index contributed by atoms with van der Waals surface area (Å²) >= 11 is 0. The Morgan fingerprint density at radius 2 is 1.86 bits per heavy atom. The minimum atomic E-state index is -0.672. The molecule has 6 nitrogen and oxygen atoms in total. The summed E-state index contributed by atoms with van der Waals surface area (Å²) in [4.78, 5) is 26.7. The molecule has 1 amide bonds. The third-order valence-electron chi connectivity index (χ3n) is 11.9. The quantitative estimate of drug-likeness (QED) is 0.585. The van der Waals surface area contributed by atoms with Crippen LogP contribution in [0.3, 0.4) is 0 Å². The van der Waals surface area contributed by atoms with E-state index in [1.807, 2.05) is 25.8 Å². The first-order valence-electron chi connectivity index (χ1n) is 14.0. The van der Waals surface area contributed by atoms with Gasteiger partial charge in [-0.3, -0.25) is 4.79 Å². The van der Waals surface area contributed by atoms with Crippen LogP contribution in [0.25, 0.3) is 0 Å². The lowest BCUT2D eigenvalue weighted by atomic mass is 9.43. The van der Waals surface area contributed by atoms with E-state index in [1.165, 1.54) is 0 Å². The number of rotatable bonds is 4. The molecule has 9 atom stereocenters. The molecule has 0 aromatic rings. The van der Waals surface area contributed by atoms with Crippen LogP contribution in [0.15, 0.2) is 11.6 Å². The molecule has 0 bridgehead atoms. The second kappa shape index (κ2) is 8.58. The molecule has 0 aromatic heterocycles. The summed E-state index contributed by atoms with van der Waals surface area (Å²) in [6.45, 7) is 9.19. The lowest BCUT2D eigenvalue weighted by Gasteiger charge is -2.64. The van der Waals surface area contributed by atoms with Crippen molar-refractivity contribution in [3.05, 3.63) is 11.6 Å². The molecule has 4 fully saturated rings. The minimum Gasteiger partial charge on any atom is -0.458 e. The highest BCUT2D eigenvalue weighted by Gasteiger charge is 2.67. The number of hydrogen-bond acceptors (Lipinski definition) is 5. The zero-order chi connectivity index (χ0) is 25.3. The fourth-order valence-electron chi connectivity index (χ4n) is 9.44. The molecule has 0 radical (unpaired) electrons. The van der Waals surface area contributed by atoms with Crippen LogP contribution in [0.5, 0.6) is 0 Å². The van der Waals surface area contributed by atoms with Crippen LogP contribution < -0.4 is 5.73 Å². The third-order valence-corrected chi connectivity index (χ3v) is 11.9. The molecule has 5 rings (SSSR count). The Balaban J connectivity index is 1.33. The van der Waals surface area contributed by atoms with Crippen molar-refractivity contribution >= 4 is 11.9 Å². The molecular weight excluding hydrogens is 440 g/mol. The van der Waals surface area contributed by atoms with Crippen LogP contribution in [-0.4, -0.2) is 53.2 Å². The van der Waals surface area contributed by atoms with E-state index in [4.69, 9.17) is 10.5 Å². The monoisotopic (exact) mass is 486 g/mol.